The number of anilines is 2. The molecule has 0 spiro atoms. The number of esters is 1. The summed E-state index contributed by atoms with van der Waals surface area (Å²) in [7, 11) is 0. The van der Waals surface area contributed by atoms with E-state index in [1.807, 2.05) is 13.8 Å². The van der Waals surface area contributed by atoms with Gasteiger partial charge in [0.05, 0.1) is 30.0 Å². The highest BCUT2D eigenvalue weighted by Crippen LogP contribution is 2.36. The Bertz CT molecular complexity index is 1540. The van der Waals surface area contributed by atoms with Crippen LogP contribution in [0, 0.1) is 19.7 Å². The number of aromatic amines is 1. The van der Waals surface area contributed by atoms with Gasteiger partial charge in [0.2, 0.25) is 0 Å². The van der Waals surface area contributed by atoms with Gasteiger partial charge in [-0.3, -0.25) is 19.7 Å². The number of imide groups is 1. The predicted octanol–water partition coefficient (Wildman–Crippen LogP) is 4.21. The number of urea groups is 1. The Morgan fingerprint density at radius 3 is 2.60 bits per heavy atom. The third kappa shape index (κ3) is 6.10. The van der Waals surface area contributed by atoms with Gasteiger partial charge >= 0.3 is 12.0 Å². The summed E-state index contributed by atoms with van der Waals surface area (Å²) in [6.07, 6.45) is 2.51. The number of hydrogen-bond acceptors (Lipinski definition) is 6. The predicted molar refractivity (Wildman–Crippen MR) is 147 cm³/mol. The summed E-state index contributed by atoms with van der Waals surface area (Å²) in [5.41, 5.74) is 5.32. The number of amides is 4. The number of carbonyl (C=O) groups is 4. The number of rotatable bonds is 8. The molecule has 208 valence electrons. The molecule has 11 heteroatoms. The van der Waals surface area contributed by atoms with Crippen molar-refractivity contribution < 1.29 is 33.4 Å². The number of ether oxygens (including phenoxy) is 1. The number of fused-ring (bicyclic) bond motifs is 1. The van der Waals surface area contributed by atoms with Crippen LogP contribution in [0.25, 0.3) is 11.6 Å². The molecule has 0 fully saturated rings. The average molecular weight is 549 g/mol. The second-order valence-electron chi connectivity index (χ2n) is 9.23. The van der Waals surface area contributed by atoms with E-state index in [1.54, 1.807) is 31.2 Å². The summed E-state index contributed by atoms with van der Waals surface area (Å²) in [5.74, 6) is -2.40. The summed E-state index contributed by atoms with van der Waals surface area (Å²) in [6.45, 7) is 5.54. The molecule has 2 aromatic carbocycles. The molecule has 40 heavy (non-hydrogen) atoms. The number of hydrogen-bond donors (Lipinski definition) is 5. The molecule has 1 aromatic heterocycles. The van der Waals surface area contributed by atoms with Gasteiger partial charge < -0.3 is 25.5 Å². The van der Waals surface area contributed by atoms with Crippen LogP contribution in [0.5, 0.6) is 0 Å². The zero-order valence-electron chi connectivity index (χ0n) is 22.2. The molecule has 1 aliphatic rings. The van der Waals surface area contributed by atoms with Gasteiger partial charge in [0, 0.05) is 29.1 Å². The third-order valence-electron chi connectivity index (χ3n) is 6.55. The van der Waals surface area contributed by atoms with Crippen molar-refractivity contribution in [2.75, 3.05) is 17.2 Å². The minimum absolute atomic E-state index is 0.257. The van der Waals surface area contributed by atoms with Crippen LogP contribution >= 0.6 is 0 Å². The Hall–Kier alpha value is -4.77. The van der Waals surface area contributed by atoms with Gasteiger partial charge in [0.25, 0.3) is 11.8 Å². The molecule has 0 aliphatic carbocycles. The monoisotopic (exact) mass is 548 g/mol. The highest BCUT2D eigenvalue weighted by Gasteiger charge is 2.26. The second-order valence-corrected chi connectivity index (χ2v) is 9.23. The number of benzene rings is 2. The van der Waals surface area contributed by atoms with E-state index in [4.69, 9.17) is 9.84 Å². The van der Waals surface area contributed by atoms with Gasteiger partial charge in [-0.1, -0.05) is 12.1 Å². The molecule has 10 nitrogen and oxygen atoms in total. The van der Waals surface area contributed by atoms with Crippen LogP contribution in [0.4, 0.5) is 20.6 Å². The SMILES string of the molecule is CCOC(=O)CCc1c(C)[nH]c(C=C2C(=O)Nc3cc(NC(=O)NC(=O)c4ccc(CO)cc4F)ccc32)c1C. The molecule has 0 radical (unpaired) electrons. The molecular weight excluding hydrogens is 519 g/mol. The molecule has 3 aromatic rings. The van der Waals surface area contributed by atoms with Crippen LogP contribution in [0.1, 0.15) is 57.3 Å². The minimum Gasteiger partial charge on any atom is -0.466 e. The largest absolute Gasteiger partial charge is 0.466 e. The summed E-state index contributed by atoms with van der Waals surface area (Å²) >= 11 is 0. The van der Waals surface area contributed by atoms with Crippen molar-refractivity contribution in [1.29, 1.82) is 0 Å². The van der Waals surface area contributed by atoms with Crippen LogP contribution in [-0.4, -0.2) is 40.5 Å². The van der Waals surface area contributed by atoms with Crippen molar-refractivity contribution in [3.8, 4) is 0 Å². The number of aliphatic hydroxyl groups is 1. The lowest BCUT2D eigenvalue weighted by atomic mass is 10.0. The van der Waals surface area contributed by atoms with Gasteiger partial charge in [-0.25, -0.2) is 9.18 Å². The van der Waals surface area contributed by atoms with E-state index in [1.165, 1.54) is 12.1 Å². The smallest absolute Gasteiger partial charge is 0.326 e. The summed E-state index contributed by atoms with van der Waals surface area (Å²) in [6, 6.07) is 7.47. The Morgan fingerprint density at radius 2 is 1.90 bits per heavy atom. The lowest BCUT2D eigenvalue weighted by Crippen LogP contribution is -2.34. The number of aromatic nitrogens is 1. The van der Waals surface area contributed by atoms with E-state index in [0.29, 0.717) is 41.1 Å². The average Bonchev–Trinajstić information content (AvgIpc) is 3.36. The Labute approximate surface area is 229 Å². The summed E-state index contributed by atoms with van der Waals surface area (Å²) in [5, 5.41) is 16.4. The lowest BCUT2D eigenvalue weighted by Gasteiger charge is -2.09. The lowest BCUT2D eigenvalue weighted by molar-refractivity contribution is -0.143. The number of carbonyl (C=O) groups excluding carboxylic acids is 4. The molecule has 4 rings (SSSR count). The van der Waals surface area contributed by atoms with E-state index in [0.717, 1.165) is 28.6 Å². The quantitative estimate of drug-likeness (QED) is 0.210. The Balaban J connectivity index is 1.47. The maximum Gasteiger partial charge on any atom is 0.326 e. The molecular formula is C29H29FN4O6. The number of halogens is 1. The van der Waals surface area contributed by atoms with Gasteiger partial charge in [-0.05, 0) is 74.2 Å². The van der Waals surface area contributed by atoms with Gasteiger partial charge in [-0.15, -0.1) is 0 Å². The number of H-pyrrole nitrogens is 1. The first-order valence-corrected chi connectivity index (χ1v) is 12.6. The van der Waals surface area contributed by atoms with E-state index in [9.17, 15) is 23.6 Å². The fraction of sp³-hybridized carbons (Fsp3) is 0.241. The van der Waals surface area contributed by atoms with Crippen LogP contribution in [-0.2, 0) is 27.4 Å². The van der Waals surface area contributed by atoms with Crippen molar-refractivity contribution in [2.45, 2.75) is 40.2 Å². The highest BCUT2D eigenvalue weighted by molar-refractivity contribution is 6.35. The normalized spacial score (nSPS) is 13.1. The van der Waals surface area contributed by atoms with Crippen LogP contribution in [0.2, 0.25) is 0 Å². The Morgan fingerprint density at radius 1 is 1.12 bits per heavy atom. The fourth-order valence-corrected chi connectivity index (χ4v) is 4.53. The third-order valence-corrected chi connectivity index (χ3v) is 6.55. The first kappa shape index (κ1) is 28.2. The molecule has 1 aliphatic heterocycles. The van der Waals surface area contributed by atoms with E-state index in [2.05, 4.69) is 20.9 Å². The van der Waals surface area contributed by atoms with Crippen LogP contribution in [0.15, 0.2) is 36.4 Å². The zero-order valence-corrected chi connectivity index (χ0v) is 22.2. The molecule has 0 saturated carbocycles. The van der Waals surface area contributed by atoms with Crippen molar-refractivity contribution in [3.05, 3.63) is 81.4 Å². The number of nitrogens with one attached hydrogen (secondary N) is 4. The first-order chi connectivity index (χ1) is 19.1. The van der Waals surface area contributed by atoms with Crippen LogP contribution < -0.4 is 16.0 Å². The molecule has 2 heterocycles. The minimum atomic E-state index is -0.947. The second kappa shape index (κ2) is 12.0. The van der Waals surface area contributed by atoms with Gasteiger partial charge in [-0.2, -0.15) is 0 Å². The van der Waals surface area contributed by atoms with Gasteiger partial charge in [0.15, 0.2) is 0 Å². The molecule has 0 saturated heterocycles. The molecule has 0 atom stereocenters. The van der Waals surface area contributed by atoms with Crippen molar-refractivity contribution in [2.24, 2.45) is 0 Å². The summed E-state index contributed by atoms with van der Waals surface area (Å²) < 4.78 is 19.1. The first-order valence-electron chi connectivity index (χ1n) is 12.6. The Kier molecular flexibility index (Phi) is 8.44. The fourth-order valence-electron chi connectivity index (χ4n) is 4.53. The molecule has 4 amide bonds. The topological polar surface area (TPSA) is 150 Å². The van der Waals surface area contributed by atoms with E-state index >= 15 is 0 Å². The number of aryl methyl sites for hydroxylation is 1. The molecule has 0 bridgehead atoms. The van der Waals surface area contributed by atoms with Crippen LogP contribution in [0.3, 0.4) is 0 Å². The molecule has 5 N–H and O–H groups in total. The van der Waals surface area contributed by atoms with Crippen molar-refractivity contribution >= 4 is 46.8 Å². The van der Waals surface area contributed by atoms with E-state index in [-0.39, 0.29) is 30.5 Å². The van der Waals surface area contributed by atoms with E-state index < -0.39 is 17.8 Å². The van der Waals surface area contributed by atoms with Gasteiger partial charge in [0.1, 0.15) is 5.82 Å². The summed E-state index contributed by atoms with van der Waals surface area (Å²) in [4.78, 5) is 52.5. The zero-order chi connectivity index (χ0) is 29.0. The van der Waals surface area contributed by atoms with Crippen molar-refractivity contribution in [1.82, 2.24) is 10.3 Å². The maximum absolute atomic E-state index is 14.1. The maximum atomic E-state index is 14.1. The van der Waals surface area contributed by atoms with Crippen molar-refractivity contribution in [3.63, 3.8) is 0 Å². The standard InChI is InChI=1S/C29H29FN4O6/c1-4-40-26(36)10-9-19-15(2)24(31-16(19)3)13-22-20-8-6-18(12-25(20)33-28(22)38)32-29(39)34-27(37)21-7-5-17(14-35)11-23(21)30/h5-8,11-13,31,35H,4,9-10,14H2,1-3H3,(H,33,38)(H2,32,34,37,39). The highest BCUT2D eigenvalue weighted by atomic mass is 19.1. The molecule has 0 unspecified atom stereocenters. The number of aliphatic hydroxyl groups excluding tert-OH is 1.